The summed E-state index contributed by atoms with van der Waals surface area (Å²) in [6, 6.07) is 16.3. The third kappa shape index (κ3) is 4.00. The fourth-order valence-corrected chi connectivity index (χ4v) is 2.80. The van der Waals surface area contributed by atoms with Crippen molar-refractivity contribution in [1.29, 1.82) is 0 Å². The van der Waals surface area contributed by atoms with Crippen molar-refractivity contribution in [2.45, 2.75) is 12.8 Å². The van der Waals surface area contributed by atoms with E-state index in [4.69, 9.17) is 0 Å². The molecule has 5 heteroatoms. The maximum atomic E-state index is 12.4. The third-order valence-corrected chi connectivity index (χ3v) is 4.18. The predicted molar refractivity (Wildman–Crippen MR) is 95.1 cm³/mol. The minimum absolute atomic E-state index is 0.0120. The zero-order valence-corrected chi connectivity index (χ0v) is 13.4. The molecule has 24 heavy (non-hydrogen) atoms. The van der Waals surface area contributed by atoms with Crippen LogP contribution in [0.3, 0.4) is 0 Å². The average Bonchev–Trinajstić information content (AvgIpc) is 2.64. The van der Waals surface area contributed by atoms with Gasteiger partial charge in [-0.2, -0.15) is 0 Å². The number of benzene rings is 2. The highest BCUT2D eigenvalue weighted by Crippen LogP contribution is 2.23. The van der Waals surface area contributed by atoms with Gasteiger partial charge in [0.15, 0.2) is 0 Å². The summed E-state index contributed by atoms with van der Waals surface area (Å²) in [5, 5.41) is 9.08. The topological polar surface area (TPSA) is 70.2 Å². The number of rotatable bonds is 4. The second kappa shape index (κ2) is 7.75. The quantitative estimate of drug-likeness (QED) is 0.810. The van der Waals surface area contributed by atoms with Crippen LogP contribution < -0.4 is 16.0 Å². The van der Waals surface area contributed by atoms with Crippen LogP contribution in [0, 0.1) is 5.92 Å². The van der Waals surface area contributed by atoms with Crippen LogP contribution in [0.15, 0.2) is 54.6 Å². The van der Waals surface area contributed by atoms with Crippen LogP contribution in [0.5, 0.6) is 0 Å². The first-order valence-electron chi connectivity index (χ1n) is 8.21. The first-order chi connectivity index (χ1) is 11.7. The number of anilines is 2. The molecule has 0 unspecified atom stereocenters. The van der Waals surface area contributed by atoms with Crippen LogP contribution >= 0.6 is 0 Å². The monoisotopic (exact) mass is 323 g/mol. The van der Waals surface area contributed by atoms with Gasteiger partial charge in [-0.15, -0.1) is 0 Å². The molecule has 2 amide bonds. The summed E-state index contributed by atoms with van der Waals surface area (Å²) >= 11 is 0. The molecule has 1 saturated heterocycles. The number of carbonyl (C=O) groups is 2. The number of hydrogen-bond donors (Lipinski definition) is 3. The van der Waals surface area contributed by atoms with Crippen LogP contribution in [0.1, 0.15) is 23.2 Å². The summed E-state index contributed by atoms with van der Waals surface area (Å²) in [5.74, 6) is -0.166. The molecule has 0 aromatic heterocycles. The zero-order valence-electron chi connectivity index (χ0n) is 13.4. The predicted octanol–water partition coefficient (Wildman–Crippen LogP) is 2.88. The van der Waals surface area contributed by atoms with Gasteiger partial charge in [0.05, 0.1) is 11.4 Å². The highest BCUT2D eigenvalue weighted by molar-refractivity contribution is 6.07. The molecule has 0 radical (unpaired) electrons. The van der Waals surface area contributed by atoms with E-state index in [0.29, 0.717) is 16.9 Å². The van der Waals surface area contributed by atoms with Gasteiger partial charge in [-0.3, -0.25) is 9.59 Å². The van der Waals surface area contributed by atoms with Crippen molar-refractivity contribution in [3.05, 3.63) is 60.2 Å². The lowest BCUT2D eigenvalue weighted by Gasteiger charge is -2.22. The Morgan fingerprint density at radius 1 is 0.833 bits per heavy atom. The summed E-state index contributed by atoms with van der Waals surface area (Å²) in [5.41, 5.74) is 1.82. The van der Waals surface area contributed by atoms with E-state index < -0.39 is 0 Å². The zero-order chi connectivity index (χ0) is 16.8. The van der Waals surface area contributed by atoms with Crippen molar-refractivity contribution in [3.8, 4) is 0 Å². The molecule has 0 aliphatic carbocycles. The van der Waals surface area contributed by atoms with Gasteiger partial charge < -0.3 is 16.0 Å². The Kier molecular flexibility index (Phi) is 5.23. The second-order valence-corrected chi connectivity index (χ2v) is 5.88. The lowest BCUT2D eigenvalue weighted by molar-refractivity contribution is -0.120. The van der Waals surface area contributed by atoms with E-state index in [9.17, 15) is 9.59 Å². The molecule has 1 fully saturated rings. The summed E-state index contributed by atoms with van der Waals surface area (Å²) in [7, 11) is 0. The Bertz CT molecular complexity index is 710. The molecule has 0 bridgehead atoms. The molecule has 2 aromatic rings. The Labute approximate surface area is 141 Å². The highest BCUT2D eigenvalue weighted by Gasteiger charge is 2.21. The SMILES string of the molecule is O=C(Nc1ccccc1NC(=O)C1CCNCC1)c1ccccc1. The number of para-hydroxylation sites is 2. The number of carbonyl (C=O) groups excluding carboxylic acids is 2. The lowest BCUT2D eigenvalue weighted by atomic mass is 9.97. The fraction of sp³-hybridized carbons (Fsp3) is 0.263. The standard InChI is InChI=1S/C19H21N3O2/c23-18(14-6-2-1-3-7-14)21-16-8-4-5-9-17(16)22-19(24)15-10-12-20-13-11-15/h1-9,15,20H,10-13H2,(H,21,23)(H,22,24). The van der Waals surface area contributed by atoms with Gasteiger partial charge in [-0.1, -0.05) is 30.3 Å². The largest absolute Gasteiger partial charge is 0.324 e. The first kappa shape index (κ1) is 16.2. The van der Waals surface area contributed by atoms with E-state index in [1.165, 1.54) is 0 Å². The Morgan fingerprint density at radius 2 is 1.42 bits per heavy atom. The molecule has 3 rings (SSSR count). The Balaban J connectivity index is 1.71. The van der Waals surface area contributed by atoms with Crippen molar-refractivity contribution < 1.29 is 9.59 Å². The van der Waals surface area contributed by atoms with Crippen molar-refractivity contribution in [2.75, 3.05) is 23.7 Å². The third-order valence-electron chi connectivity index (χ3n) is 4.18. The molecule has 3 N–H and O–H groups in total. The molecule has 5 nitrogen and oxygen atoms in total. The summed E-state index contributed by atoms with van der Waals surface area (Å²) in [4.78, 5) is 24.7. The number of hydrogen-bond acceptors (Lipinski definition) is 3. The first-order valence-corrected chi connectivity index (χ1v) is 8.21. The molecule has 0 atom stereocenters. The van der Waals surface area contributed by atoms with E-state index in [1.54, 1.807) is 24.3 Å². The van der Waals surface area contributed by atoms with Gasteiger partial charge in [-0.25, -0.2) is 0 Å². The molecule has 1 heterocycles. The van der Waals surface area contributed by atoms with Crippen LogP contribution in [0.4, 0.5) is 11.4 Å². The fourth-order valence-electron chi connectivity index (χ4n) is 2.80. The minimum atomic E-state index is -0.195. The van der Waals surface area contributed by atoms with Crippen molar-refractivity contribution >= 4 is 23.2 Å². The van der Waals surface area contributed by atoms with Gasteiger partial charge >= 0.3 is 0 Å². The van der Waals surface area contributed by atoms with Gasteiger partial charge in [0, 0.05) is 11.5 Å². The minimum Gasteiger partial charge on any atom is -0.324 e. The molecule has 0 saturated carbocycles. The Hall–Kier alpha value is -2.66. The molecule has 2 aromatic carbocycles. The van der Waals surface area contributed by atoms with Crippen LogP contribution in [-0.2, 0) is 4.79 Å². The van der Waals surface area contributed by atoms with E-state index in [2.05, 4.69) is 16.0 Å². The Morgan fingerprint density at radius 3 is 2.08 bits per heavy atom. The molecular weight excluding hydrogens is 302 g/mol. The van der Waals surface area contributed by atoms with Gasteiger partial charge in [0.25, 0.3) is 5.91 Å². The summed E-state index contributed by atoms with van der Waals surface area (Å²) < 4.78 is 0. The maximum Gasteiger partial charge on any atom is 0.255 e. The van der Waals surface area contributed by atoms with E-state index in [0.717, 1.165) is 25.9 Å². The van der Waals surface area contributed by atoms with E-state index in [1.807, 2.05) is 30.3 Å². The summed E-state index contributed by atoms with van der Waals surface area (Å²) in [6.07, 6.45) is 1.68. The maximum absolute atomic E-state index is 12.4. The van der Waals surface area contributed by atoms with Gasteiger partial charge in [0.2, 0.25) is 5.91 Å². The van der Waals surface area contributed by atoms with Gasteiger partial charge in [0.1, 0.15) is 0 Å². The van der Waals surface area contributed by atoms with Crippen LogP contribution in [0.25, 0.3) is 0 Å². The highest BCUT2D eigenvalue weighted by atomic mass is 16.2. The lowest BCUT2D eigenvalue weighted by Crippen LogP contribution is -2.34. The molecule has 1 aliphatic heterocycles. The summed E-state index contributed by atoms with van der Waals surface area (Å²) in [6.45, 7) is 1.73. The van der Waals surface area contributed by atoms with E-state index in [-0.39, 0.29) is 17.7 Å². The van der Waals surface area contributed by atoms with Crippen LogP contribution in [0.2, 0.25) is 0 Å². The van der Waals surface area contributed by atoms with Crippen molar-refractivity contribution in [2.24, 2.45) is 5.92 Å². The number of amides is 2. The normalized spacial score (nSPS) is 14.8. The second-order valence-electron chi connectivity index (χ2n) is 5.88. The molecule has 124 valence electrons. The van der Waals surface area contributed by atoms with Crippen molar-refractivity contribution in [3.63, 3.8) is 0 Å². The number of nitrogens with one attached hydrogen (secondary N) is 3. The van der Waals surface area contributed by atoms with Gasteiger partial charge in [-0.05, 0) is 50.2 Å². The molecule has 0 spiro atoms. The number of piperidine rings is 1. The molecular formula is C19H21N3O2. The van der Waals surface area contributed by atoms with Crippen molar-refractivity contribution in [1.82, 2.24) is 5.32 Å². The van der Waals surface area contributed by atoms with Crippen LogP contribution in [-0.4, -0.2) is 24.9 Å². The average molecular weight is 323 g/mol. The van der Waals surface area contributed by atoms with E-state index >= 15 is 0 Å². The smallest absolute Gasteiger partial charge is 0.255 e. The molecule has 1 aliphatic rings.